The van der Waals surface area contributed by atoms with Crippen LogP contribution in [0.25, 0.3) is 0 Å². The summed E-state index contributed by atoms with van der Waals surface area (Å²) in [7, 11) is -2.00. The Morgan fingerprint density at radius 1 is 1.47 bits per heavy atom. The molecule has 0 spiro atoms. The monoisotopic (exact) mass is 283 g/mol. The summed E-state index contributed by atoms with van der Waals surface area (Å²) in [5, 5.41) is 11.5. The van der Waals surface area contributed by atoms with Crippen LogP contribution in [0, 0.1) is 17.2 Å². The molecule has 0 aliphatic carbocycles. The zero-order chi connectivity index (χ0) is 14.5. The number of sulfonamides is 1. The lowest BCUT2D eigenvalue weighted by atomic mass is 10.2. The molecule has 0 amide bonds. The second kappa shape index (κ2) is 6.45. The van der Waals surface area contributed by atoms with Crippen molar-refractivity contribution in [1.29, 1.82) is 5.26 Å². The highest BCUT2D eigenvalue weighted by Crippen LogP contribution is 2.15. The largest absolute Gasteiger partial charge is 0.357 e. The molecule has 0 saturated carbocycles. The van der Waals surface area contributed by atoms with E-state index in [1.165, 1.54) is 16.7 Å². The van der Waals surface area contributed by atoms with Gasteiger partial charge in [0.25, 0.3) is 0 Å². The Morgan fingerprint density at radius 2 is 2.05 bits per heavy atom. The lowest BCUT2D eigenvalue weighted by Crippen LogP contribution is -2.34. The van der Waals surface area contributed by atoms with E-state index in [4.69, 9.17) is 5.26 Å². The molecule has 0 saturated heterocycles. The summed E-state index contributed by atoms with van der Waals surface area (Å²) in [5.74, 6) is -0.0142. The minimum atomic E-state index is -3.65. The number of nitrogens with zero attached hydrogens (tertiary/aromatic N) is 4. The van der Waals surface area contributed by atoms with E-state index in [9.17, 15) is 8.42 Å². The van der Waals surface area contributed by atoms with E-state index < -0.39 is 10.0 Å². The molecule has 0 radical (unpaired) electrons. The molecule has 0 bridgehead atoms. The van der Waals surface area contributed by atoms with Gasteiger partial charge in [-0.05, 0) is 6.92 Å². The number of anilines is 1. The van der Waals surface area contributed by atoms with Crippen molar-refractivity contribution in [2.45, 2.75) is 18.7 Å². The van der Waals surface area contributed by atoms with Crippen LogP contribution in [-0.2, 0) is 10.0 Å². The Labute approximate surface area is 113 Å². The summed E-state index contributed by atoms with van der Waals surface area (Å²) in [6, 6.07) is 2.02. The van der Waals surface area contributed by atoms with Crippen LogP contribution in [0.2, 0.25) is 0 Å². The summed E-state index contributed by atoms with van der Waals surface area (Å²) in [5.41, 5.74) is 0. The Balaban J connectivity index is 3.03. The van der Waals surface area contributed by atoms with Gasteiger partial charge in [-0.25, -0.2) is 18.4 Å². The lowest BCUT2D eigenvalue weighted by molar-refractivity contribution is 0.399. The number of rotatable bonds is 6. The third-order valence-corrected chi connectivity index (χ3v) is 4.43. The molecule has 0 aromatic carbocycles. The van der Waals surface area contributed by atoms with E-state index in [0.29, 0.717) is 12.5 Å². The average molecular weight is 283 g/mol. The quantitative estimate of drug-likeness (QED) is 0.824. The molecule has 1 N–H and O–H groups in total. The smallest absolute Gasteiger partial charge is 0.246 e. The summed E-state index contributed by atoms with van der Waals surface area (Å²) in [6.45, 7) is 3.86. The van der Waals surface area contributed by atoms with Crippen molar-refractivity contribution in [3.63, 3.8) is 0 Å². The zero-order valence-electron chi connectivity index (χ0n) is 11.2. The van der Waals surface area contributed by atoms with Crippen LogP contribution in [0.3, 0.4) is 0 Å². The molecular formula is C11H17N5O2S. The van der Waals surface area contributed by atoms with Gasteiger partial charge in [-0.15, -0.1) is 0 Å². The van der Waals surface area contributed by atoms with Gasteiger partial charge in [-0.1, -0.05) is 6.92 Å². The van der Waals surface area contributed by atoms with Gasteiger partial charge in [0, 0.05) is 20.1 Å². The molecule has 1 unspecified atom stereocenters. The van der Waals surface area contributed by atoms with Crippen LogP contribution >= 0.6 is 0 Å². The fraction of sp³-hybridized carbons (Fsp3) is 0.545. The number of nitrogens with one attached hydrogen (secondary N) is 1. The van der Waals surface area contributed by atoms with Crippen molar-refractivity contribution >= 4 is 16.0 Å². The topological polar surface area (TPSA) is 99.0 Å². The Kier molecular flexibility index (Phi) is 5.20. The normalized spacial score (nSPS) is 13.0. The summed E-state index contributed by atoms with van der Waals surface area (Å²) < 4.78 is 25.9. The predicted octanol–water partition coefficient (Wildman–Crippen LogP) is 0.689. The van der Waals surface area contributed by atoms with Crippen LogP contribution in [0.1, 0.15) is 13.8 Å². The average Bonchev–Trinajstić information content (AvgIpc) is 2.44. The van der Waals surface area contributed by atoms with E-state index in [1.54, 1.807) is 20.9 Å². The van der Waals surface area contributed by atoms with Crippen LogP contribution < -0.4 is 5.32 Å². The van der Waals surface area contributed by atoms with Crippen LogP contribution in [-0.4, -0.2) is 42.8 Å². The number of nitriles is 1. The summed E-state index contributed by atoms with van der Waals surface area (Å²) in [4.78, 5) is 7.80. The van der Waals surface area contributed by atoms with E-state index in [-0.39, 0.29) is 17.4 Å². The van der Waals surface area contributed by atoms with E-state index >= 15 is 0 Å². The molecule has 0 aliphatic heterocycles. The molecule has 1 aromatic rings. The molecular weight excluding hydrogens is 266 g/mol. The SMILES string of the molecule is CCN(CC(C)C#N)S(=O)(=O)c1cnc(NC)nc1. The highest BCUT2D eigenvalue weighted by atomic mass is 32.2. The molecule has 0 fully saturated rings. The molecule has 1 aromatic heterocycles. The minimum absolute atomic E-state index is 0.0264. The van der Waals surface area contributed by atoms with Gasteiger partial charge in [0.2, 0.25) is 16.0 Å². The number of aromatic nitrogens is 2. The van der Waals surface area contributed by atoms with Crippen LogP contribution in [0.15, 0.2) is 17.3 Å². The van der Waals surface area contributed by atoms with Crippen molar-refractivity contribution in [3.8, 4) is 6.07 Å². The fourth-order valence-electron chi connectivity index (χ4n) is 1.47. The second-order valence-electron chi connectivity index (χ2n) is 3.98. The predicted molar refractivity (Wildman–Crippen MR) is 70.8 cm³/mol. The summed E-state index contributed by atoms with van der Waals surface area (Å²) >= 11 is 0. The van der Waals surface area contributed by atoms with Gasteiger partial charge in [-0.3, -0.25) is 0 Å². The third kappa shape index (κ3) is 3.62. The van der Waals surface area contributed by atoms with Crippen molar-refractivity contribution in [2.75, 3.05) is 25.5 Å². The van der Waals surface area contributed by atoms with Gasteiger partial charge in [0.05, 0.1) is 24.4 Å². The molecule has 8 heteroatoms. The molecule has 1 heterocycles. The van der Waals surface area contributed by atoms with E-state index in [2.05, 4.69) is 15.3 Å². The first-order valence-electron chi connectivity index (χ1n) is 5.85. The second-order valence-corrected chi connectivity index (χ2v) is 5.92. The molecule has 0 aliphatic rings. The van der Waals surface area contributed by atoms with Crippen LogP contribution in [0.5, 0.6) is 0 Å². The first kappa shape index (κ1) is 15.3. The Hall–Kier alpha value is -1.72. The third-order valence-electron chi connectivity index (χ3n) is 2.54. The highest BCUT2D eigenvalue weighted by Gasteiger charge is 2.25. The highest BCUT2D eigenvalue weighted by molar-refractivity contribution is 7.89. The van der Waals surface area contributed by atoms with Crippen molar-refractivity contribution in [2.24, 2.45) is 5.92 Å². The number of hydrogen-bond acceptors (Lipinski definition) is 6. The fourth-order valence-corrected chi connectivity index (χ4v) is 2.90. The van der Waals surface area contributed by atoms with Gasteiger partial charge >= 0.3 is 0 Å². The van der Waals surface area contributed by atoms with Crippen LogP contribution in [0.4, 0.5) is 5.95 Å². The molecule has 7 nitrogen and oxygen atoms in total. The van der Waals surface area contributed by atoms with E-state index in [1.807, 2.05) is 6.07 Å². The standard InChI is InChI=1S/C11H17N5O2S/c1-4-16(8-9(2)5-12)19(17,18)10-6-14-11(13-3)15-7-10/h6-7,9H,4,8H2,1-3H3,(H,13,14,15). The number of hydrogen-bond donors (Lipinski definition) is 1. The molecule has 1 rings (SSSR count). The molecule has 104 valence electrons. The maximum absolute atomic E-state index is 12.3. The Bertz CT molecular complexity index is 549. The zero-order valence-corrected chi connectivity index (χ0v) is 12.0. The maximum atomic E-state index is 12.3. The Morgan fingerprint density at radius 3 is 2.47 bits per heavy atom. The summed E-state index contributed by atoms with van der Waals surface area (Å²) in [6.07, 6.45) is 2.52. The van der Waals surface area contributed by atoms with Crippen molar-refractivity contribution in [3.05, 3.63) is 12.4 Å². The minimum Gasteiger partial charge on any atom is -0.357 e. The first-order chi connectivity index (χ1) is 8.95. The lowest BCUT2D eigenvalue weighted by Gasteiger charge is -2.21. The molecule has 19 heavy (non-hydrogen) atoms. The van der Waals surface area contributed by atoms with Gasteiger partial charge in [0.1, 0.15) is 4.90 Å². The van der Waals surface area contributed by atoms with E-state index in [0.717, 1.165) is 0 Å². The first-order valence-corrected chi connectivity index (χ1v) is 7.29. The van der Waals surface area contributed by atoms with Gasteiger partial charge < -0.3 is 5.32 Å². The maximum Gasteiger partial charge on any atom is 0.246 e. The van der Waals surface area contributed by atoms with Crippen molar-refractivity contribution < 1.29 is 8.42 Å². The van der Waals surface area contributed by atoms with Gasteiger partial charge in [0.15, 0.2) is 0 Å². The van der Waals surface area contributed by atoms with Gasteiger partial charge in [-0.2, -0.15) is 9.57 Å². The van der Waals surface area contributed by atoms with Crippen molar-refractivity contribution in [1.82, 2.24) is 14.3 Å². The molecule has 1 atom stereocenters.